The normalized spacial score (nSPS) is 24.0. The highest BCUT2D eigenvalue weighted by Gasteiger charge is 2.59. The number of aliphatic hydroxyl groups is 1. The van der Waals surface area contributed by atoms with Gasteiger partial charge in [0.2, 0.25) is 5.91 Å². The third kappa shape index (κ3) is 3.36. The molecule has 4 atom stereocenters. The molecule has 8 nitrogen and oxygen atoms in total. The van der Waals surface area contributed by atoms with Crippen LogP contribution in [0.1, 0.15) is 25.0 Å². The predicted octanol–water partition coefficient (Wildman–Crippen LogP) is 2.85. The van der Waals surface area contributed by atoms with Gasteiger partial charge in [0.15, 0.2) is 0 Å². The van der Waals surface area contributed by atoms with E-state index >= 15 is 0 Å². The van der Waals surface area contributed by atoms with E-state index in [0.717, 1.165) is 27.8 Å². The minimum Gasteiger partial charge on any atom is -0.488 e. The van der Waals surface area contributed by atoms with E-state index in [0.29, 0.717) is 11.3 Å². The Morgan fingerprint density at radius 1 is 1.11 bits per heavy atom. The summed E-state index contributed by atoms with van der Waals surface area (Å²) in [5.74, 6) is -2.40. The lowest BCUT2D eigenvalue weighted by molar-refractivity contribution is -0.163. The lowest BCUT2D eigenvalue weighted by Crippen LogP contribution is -2.63. The number of aliphatic carboxylic acids is 1. The third-order valence-corrected chi connectivity index (χ3v) is 7.17. The highest BCUT2D eigenvalue weighted by Crippen LogP contribution is 2.50. The monoisotopic (exact) mass is 475 g/mol. The van der Waals surface area contributed by atoms with Crippen LogP contribution in [0.3, 0.4) is 0 Å². The first-order valence-corrected chi connectivity index (χ1v) is 11.4. The predicted molar refractivity (Wildman–Crippen MR) is 126 cm³/mol. The number of carbonyl (C=O) groups is 3. The Balaban J connectivity index is 1.52. The van der Waals surface area contributed by atoms with Crippen LogP contribution in [0, 0.1) is 11.8 Å². The van der Waals surface area contributed by atoms with Crippen LogP contribution in [0.2, 0.25) is 0 Å². The molecule has 0 bridgehead atoms. The number of carbonyl (C=O) groups excluding carboxylic acids is 2. The Hall–Kier alpha value is -3.91. The van der Waals surface area contributed by atoms with Gasteiger partial charge in [-0.05, 0) is 35.3 Å². The number of fused-ring (bicyclic) bond motifs is 4. The number of carboxylic acids is 1. The Labute approximate surface area is 202 Å². The zero-order chi connectivity index (χ0) is 25.0. The Bertz CT molecular complexity index is 1320. The summed E-state index contributed by atoms with van der Waals surface area (Å²) in [5.41, 5.74) is 4.56. The molecule has 1 aliphatic carbocycles. The second kappa shape index (κ2) is 8.39. The van der Waals surface area contributed by atoms with E-state index in [-0.39, 0.29) is 24.1 Å². The summed E-state index contributed by atoms with van der Waals surface area (Å²) in [4.78, 5) is 38.0. The summed E-state index contributed by atoms with van der Waals surface area (Å²) in [6.07, 6.45) is 0.584. The van der Waals surface area contributed by atoms with Crippen LogP contribution in [0.4, 0.5) is 0 Å². The average Bonchev–Trinajstić information content (AvgIpc) is 3.27. The van der Waals surface area contributed by atoms with Gasteiger partial charge in [-0.2, -0.15) is 0 Å². The summed E-state index contributed by atoms with van der Waals surface area (Å²) >= 11 is 0. The van der Waals surface area contributed by atoms with Crippen LogP contribution in [0.15, 0.2) is 59.8 Å². The second-order valence-corrected chi connectivity index (χ2v) is 9.03. The highest BCUT2D eigenvalue weighted by atomic mass is 16.5. The van der Waals surface area contributed by atoms with Crippen molar-refractivity contribution in [3.8, 4) is 16.9 Å². The lowest BCUT2D eigenvalue weighted by Gasteiger charge is -2.46. The molecule has 3 unspecified atom stereocenters. The molecule has 2 aromatic carbocycles. The first-order valence-electron chi connectivity index (χ1n) is 11.4. The van der Waals surface area contributed by atoms with Crippen LogP contribution in [-0.4, -0.2) is 58.8 Å². The summed E-state index contributed by atoms with van der Waals surface area (Å²) in [7, 11) is 1.33. The number of amides is 1. The molecule has 8 heteroatoms. The zero-order valence-electron chi connectivity index (χ0n) is 19.5. The summed E-state index contributed by atoms with van der Waals surface area (Å²) < 4.78 is 11.0. The maximum atomic E-state index is 12.6. The number of carboxylic acid groups (broad SMARTS) is 1. The largest absolute Gasteiger partial charge is 0.488 e. The molecule has 35 heavy (non-hydrogen) atoms. The third-order valence-electron chi connectivity index (χ3n) is 7.17. The van der Waals surface area contributed by atoms with Crippen molar-refractivity contribution in [1.82, 2.24) is 4.90 Å². The van der Waals surface area contributed by atoms with E-state index in [1.54, 1.807) is 13.0 Å². The van der Waals surface area contributed by atoms with Crippen LogP contribution >= 0.6 is 0 Å². The maximum absolute atomic E-state index is 12.6. The van der Waals surface area contributed by atoms with Crippen LogP contribution in [0.25, 0.3) is 16.7 Å². The fourth-order valence-electron chi connectivity index (χ4n) is 5.56. The van der Waals surface area contributed by atoms with Crippen molar-refractivity contribution >= 4 is 23.4 Å². The Morgan fingerprint density at radius 2 is 1.80 bits per heavy atom. The van der Waals surface area contributed by atoms with Crippen molar-refractivity contribution in [2.45, 2.75) is 26.0 Å². The van der Waals surface area contributed by atoms with E-state index in [2.05, 4.69) is 0 Å². The van der Waals surface area contributed by atoms with Crippen LogP contribution in [-0.2, 0) is 19.1 Å². The molecule has 1 fully saturated rings. The molecule has 0 aromatic heterocycles. The molecule has 2 N–H and O–H groups in total. The average molecular weight is 475 g/mol. The lowest BCUT2D eigenvalue weighted by atomic mass is 9.78. The molecule has 0 saturated carbocycles. The topological polar surface area (TPSA) is 113 Å². The number of hydrogen-bond acceptors (Lipinski definition) is 6. The van der Waals surface area contributed by atoms with Gasteiger partial charge in [-0.25, -0.2) is 9.59 Å². The fourth-order valence-corrected chi connectivity index (χ4v) is 5.56. The molecular weight excluding hydrogens is 450 g/mol. The van der Waals surface area contributed by atoms with Crippen molar-refractivity contribution in [1.29, 1.82) is 0 Å². The number of nitrogens with zero attached hydrogens (tertiary/aromatic N) is 1. The molecule has 0 spiro atoms. The fraction of sp³-hybridized carbons (Fsp3) is 0.296. The first-order chi connectivity index (χ1) is 16.8. The van der Waals surface area contributed by atoms with Gasteiger partial charge < -0.3 is 24.6 Å². The molecule has 2 aromatic rings. The Morgan fingerprint density at radius 3 is 2.46 bits per heavy atom. The van der Waals surface area contributed by atoms with Crippen molar-refractivity contribution in [2.75, 3.05) is 13.7 Å². The molecule has 180 valence electrons. The SMILES string of the molecule is COC(=O)/C=C1/c2ccccc2-c2c(OCC3=C(C(=O)O)N4C(=O)C(C(C)O)C4[C@H]3C)cccc21. The van der Waals surface area contributed by atoms with Gasteiger partial charge >= 0.3 is 11.9 Å². The van der Waals surface area contributed by atoms with E-state index < -0.39 is 30.0 Å². The maximum Gasteiger partial charge on any atom is 0.352 e. The first kappa shape index (κ1) is 22.9. The smallest absolute Gasteiger partial charge is 0.352 e. The number of hydrogen-bond donors (Lipinski definition) is 2. The molecule has 5 rings (SSSR count). The summed E-state index contributed by atoms with van der Waals surface area (Å²) in [5, 5.41) is 19.9. The Kier molecular flexibility index (Phi) is 5.48. The zero-order valence-corrected chi connectivity index (χ0v) is 19.5. The molecule has 3 aliphatic rings. The molecule has 0 radical (unpaired) electrons. The van der Waals surface area contributed by atoms with Gasteiger partial charge in [-0.1, -0.05) is 43.3 Å². The van der Waals surface area contributed by atoms with E-state index in [1.807, 2.05) is 43.3 Å². The van der Waals surface area contributed by atoms with Gasteiger partial charge in [0.1, 0.15) is 18.1 Å². The van der Waals surface area contributed by atoms with E-state index in [1.165, 1.54) is 18.1 Å². The van der Waals surface area contributed by atoms with Gasteiger partial charge in [-0.15, -0.1) is 0 Å². The molecule has 2 aliphatic heterocycles. The van der Waals surface area contributed by atoms with E-state index in [9.17, 15) is 24.6 Å². The van der Waals surface area contributed by atoms with Crippen molar-refractivity contribution in [3.05, 3.63) is 70.9 Å². The summed E-state index contributed by atoms with van der Waals surface area (Å²) in [6, 6.07) is 12.8. The standard InChI is InChI=1S/C27H25NO7/c1-13-19(25(27(32)33)28-24(13)22(14(2)29)26(28)31)12-35-20-10-6-9-17-18(11-21(30)34-3)15-7-4-5-8-16(15)23(17)20/h4-11,13-14,22,24,29H,12H2,1-3H3,(H,32,33)/b18-11-/t13-,14?,22?,24?/m0/s1. The number of benzene rings is 2. The van der Waals surface area contributed by atoms with Crippen molar-refractivity contribution in [2.24, 2.45) is 11.8 Å². The minimum atomic E-state index is -1.19. The number of rotatable bonds is 6. The number of methoxy groups -OCH3 is 1. The molecule has 1 amide bonds. The van der Waals surface area contributed by atoms with Gasteiger partial charge in [0.25, 0.3) is 0 Å². The number of ether oxygens (including phenoxy) is 2. The van der Waals surface area contributed by atoms with Gasteiger partial charge in [0.05, 0.1) is 25.2 Å². The summed E-state index contributed by atoms with van der Waals surface area (Å²) in [6.45, 7) is 3.38. The number of β-lactam (4-membered cyclic amide) rings is 1. The number of aliphatic hydroxyl groups excluding tert-OH is 1. The second-order valence-electron chi connectivity index (χ2n) is 9.03. The van der Waals surface area contributed by atoms with Crippen LogP contribution in [0.5, 0.6) is 5.75 Å². The van der Waals surface area contributed by atoms with Crippen molar-refractivity contribution < 1.29 is 34.1 Å². The van der Waals surface area contributed by atoms with Crippen molar-refractivity contribution in [3.63, 3.8) is 0 Å². The van der Waals surface area contributed by atoms with Gasteiger partial charge in [0, 0.05) is 23.1 Å². The molecular formula is C27H25NO7. The van der Waals surface area contributed by atoms with Crippen LogP contribution < -0.4 is 4.74 Å². The highest BCUT2D eigenvalue weighted by molar-refractivity contribution is 6.08. The molecule has 1 saturated heterocycles. The van der Waals surface area contributed by atoms with E-state index in [4.69, 9.17) is 9.47 Å². The quantitative estimate of drug-likeness (QED) is 0.320. The van der Waals surface area contributed by atoms with Gasteiger partial charge in [-0.3, -0.25) is 4.79 Å². The minimum absolute atomic E-state index is 0.0235. The molecule has 2 heterocycles. The number of esters is 1.